The first-order valence-electron chi connectivity index (χ1n) is 10.3. The van der Waals surface area contributed by atoms with E-state index in [1.54, 1.807) is 0 Å². The predicted octanol–water partition coefficient (Wildman–Crippen LogP) is 4.33. The molecule has 162 valence electrons. The van der Waals surface area contributed by atoms with Gasteiger partial charge in [0.15, 0.2) is 0 Å². The third-order valence-electron chi connectivity index (χ3n) is 5.04. The van der Waals surface area contributed by atoms with E-state index in [9.17, 15) is 4.79 Å². The molecule has 0 saturated carbocycles. The van der Waals surface area contributed by atoms with E-state index >= 15 is 0 Å². The quantitative estimate of drug-likeness (QED) is 0.598. The van der Waals surface area contributed by atoms with Crippen LogP contribution in [-0.2, 0) is 22.5 Å². The van der Waals surface area contributed by atoms with E-state index < -0.39 is 0 Å². The van der Waals surface area contributed by atoms with Crippen LogP contribution in [0.15, 0.2) is 48.0 Å². The minimum atomic E-state index is -0.0732. The zero-order valence-electron chi connectivity index (χ0n) is 17.5. The van der Waals surface area contributed by atoms with Crippen molar-refractivity contribution in [3.63, 3.8) is 0 Å². The van der Waals surface area contributed by atoms with Gasteiger partial charge in [0.1, 0.15) is 10.8 Å². The molecule has 2 unspecified atom stereocenters. The summed E-state index contributed by atoms with van der Waals surface area (Å²) in [5.41, 5.74) is 2.58. The lowest BCUT2D eigenvalue weighted by molar-refractivity contribution is -0.120. The Kier molecular flexibility index (Phi) is 6.85. The van der Waals surface area contributed by atoms with Crippen LogP contribution >= 0.6 is 22.9 Å². The molecule has 31 heavy (non-hydrogen) atoms. The van der Waals surface area contributed by atoms with Gasteiger partial charge < -0.3 is 15.0 Å². The molecule has 4 rings (SSSR count). The van der Waals surface area contributed by atoms with Gasteiger partial charge in [0.2, 0.25) is 5.91 Å². The molecule has 3 aromatic rings. The van der Waals surface area contributed by atoms with Crippen molar-refractivity contribution in [2.24, 2.45) is 0 Å². The number of halogens is 1. The number of rotatable bonds is 6. The molecule has 2 aromatic heterocycles. The summed E-state index contributed by atoms with van der Waals surface area (Å²) in [7, 11) is 0. The summed E-state index contributed by atoms with van der Waals surface area (Å²) in [6.45, 7) is 6.25. The Morgan fingerprint density at radius 1 is 1.23 bits per heavy atom. The zero-order valence-corrected chi connectivity index (χ0v) is 19.1. The van der Waals surface area contributed by atoms with Crippen molar-refractivity contribution >= 4 is 34.7 Å². The number of morpholine rings is 1. The number of benzene rings is 1. The minimum Gasteiger partial charge on any atom is -0.372 e. The molecule has 3 heterocycles. The monoisotopic (exact) mass is 456 g/mol. The summed E-state index contributed by atoms with van der Waals surface area (Å²) in [4.78, 5) is 23.7. The average molecular weight is 457 g/mol. The standard InChI is InChI=1S/C23H25ClN4O2S/c1-15-12-28(13-16(2)30-15)21-8-7-17(10-25-21)11-26-22(29)9-18-14-31-23(27-18)19-5-3-4-6-20(19)24/h3-8,10,14-16H,9,11-13H2,1-2H3,(H,26,29). The van der Waals surface area contributed by atoms with Crippen LogP contribution in [0.5, 0.6) is 0 Å². The van der Waals surface area contributed by atoms with Crippen LogP contribution in [0, 0.1) is 0 Å². The van der Waals surface area contributed by atoms with E-state index in [1.165, 1.54) is 11.3 Å². The van der Waals surface area contributed by atoms with Crippen molar-refractivity contribution in [2.45, 2.75) is 39.0 Å². The first kappa shape index (κ1) is 21.7. The van der Waals surface area contributed by atoms with E-state index in [-0.39, 0.29) is 24.5 Å². The number of nitrogens with zero attached hydrogens (tertiary/aromatic N) is 3. The Bertz CT molecular complexity index is 1030. The summed E-state index contributed by atoms with van der Waals surface area (Å²) in [5, 5.41) is 6.33. The SMILES string of the molecule is CC1CN(c2ccc(CNC(=O)Cc3csc(-c4ccccc4Cl)n3)cn2)CC(C)O1. The molecule has 1 fully saturated rings. The molecular weight excluding hydrogens is 432 g/mol. The number of hydrogen-bond acceptors (Lipinski definition) is 6. The lowest BCUT2D eigenvalue weighted by Gasteiger charge is -2.36. The smallest absolute Gasteiger partial charge is 0.226 e. The summed E-state index contributed by atoms with van der Waals surface area (Å²) in [6.07, 6.45) is 2.43. The average Bonchev–Trinajstić information content (AvgIpc) is 3.20. The number of carbonyl (C=O) groups is 1. The maximum absolute atomic E-state index is 12.4. The summed E-state index contributed by atoms with van der Waals surface area (Å²) >= 11 is 7.73. The molecule has 2 atom stereocenters. The second-order valence-electron chi connectivity index (χ2n) is 7.76. The van der Waals surface area contributed by atoms with Gasteiger partial charge in [-0.1, -0.05) is 35.9 Å². The summed E-state index contributed by atoms with van der Waals surface area (Å²) < 4.78 is 5.78. The van der Waals surface area contributed by atoms with Gasteiger partial charge in [-0.05, 0) is 31.5 Å². The maximum Gasteiger partial charge on any atom is 0.226 e. The number of pyridine rings is 1. The Morgan fingerprint density at radius 3 is 2.71 bits per heavy atom. The Labute approximate surface area is 191 Å². The number of carbonyl (C=O) groups excluding carboxylic acids is 1. The number of amides is 1. The summed E-state index contributed by atoms with van der Waals surface area (Å²) in [5.74, 6) is 0.863. The lowest BCUT2D eigenvalue weighted by Crippen LogP contribution is -2.45. The molecule has 0 bridgehead atoms. The van der Waals surface area contributed by atoms with Crippen LogP contribution in [0.4, 0.5) is 5.82 Å². The number of thiazole rings is 1. The highest BCUT2D eigenvalue weighted by atomic mass is 35.5. The Balaban J connectivity index is 1.30. The van der Waals surface area contributed by atoms with Crippen LogP contribution in [0.1, 0.15) is 25.1 Å². The van der Waals surface area contributed by atoms with Gasteiger partial charge in [-0.3, -0.25) is 4.79 Å². The maximum atomic E-state index is 12.4. The molecule has 6 nitrogen and oxygen atoms in total. The first-order valence-corrected chi connectivity index (χ1v) is 11.5. The van der Waals surface area contributed by atoms with Crippen molar-refractivity contribution in [2.75, 3.05) is 18.0 Å². The Hall–Kier alpha value is -2.48. The fourth-order valence-electron chi connectivity index (χ4n) is 3.65. The van der Waals surface area contributed by atoms with Gasteiger partial charge in [-0.25, -0.2) is 9.97 Å². The highest BCUT2D eigenvalue weighted by molar-refractivity contribution is 7.13. The normalized spacial score (nSPS) is 18.7. The molecule has 1 amide bonds. The predicted molar refractivity (Wildman–Crippen MR) is 125 cm³/mol. The number of anilines is 1. The zero-order chi connectivity index (χ0) is 21.8. The Morgan fingerprint density at radius 2 is 2.00 bits per heavy atom. The summed E-state index contributed by atoms with van der Waals surface area (Å²) in [6, 6.07) is 11.6. The van der Waals surface area contributed by atoms with E-state index in [0.717, 1.165) is 40.7 Å². The molecule has 1 aliphatic heterocycles. The second kappa shape index (κ2) is 9.77. The van der Waals surface area contributed by atoms with Crippen LogP contribution in [0.2, 0.25) is 5.02 Å². The van der Waals surface area contributed by atoms with Gasteiger partial charge in [0.25, 0.3) is 0 Å². The highest BCUT2D eigenvalue weighted by Gasteiger charge is 2.23. The topological polar surface area (TPSA) is 67.4 Å². The highest BCUT2D eigenvalue weighted by Crippen LogP contribution is 2.30. The molecule has 1 aliphatic rings. The molecule has 1 saturated heterocycles. The van der Waals surface area contributed by atoms with Crippen LogP contribution in [0.25, 0.3) is 10.6 Å². The van der Waals surface area contributed by atoms with Gasteiger partial charge in [-0.2, -0.15) is 0 Å². The number of aromatic nitrogens is 2. The van der Waals surface area contributed by atoms with E-state index in [0.29, 0.717) is 11.6 Å². The molecule has 0 spiro atoms. The van der Waals surface area contributed by atoms with Crippen molar-refractivity contribution < 1.29 is 9.53 Å². The van der Waals surface area contributed by atoms with E-state index in [4.69, 9.17) is 16.3 Å². The van der Waals surface area contributed by atoms with Crippen molar-refractivity contribution in [3.05, 3.63) is 64.3 Å². The van der Waals surface area contributed by atoms with E-state index in [1.807, 2.05) is 48.0 Å². The van der Waals surface area contributed by atoms with E-state index in [2.05, 4.69) is 34.0 Å². The first-order chi connectivity index (χ1) is 15.0. The molecule has 1 aromatic carbocycles. The van der Waals surface area contributed by atoms with Gasteiger partial charge >= 0.3 is 0 Å². The fraction of sp³-hybridized carbons (Fsp3) is 0.348. The van der Waals surface area contributed by atoms with Gasteiger partial charge in [0, 0.05) is 36.8 Å². The minimum absolute atomic E-state index is 0.0732. The number of ether oxygens (including phenoxy) is 1. The molecule has 8 heteroatoms. The third-order valence-corrected chi connectivity index (χ3v) is 6.29. The molecular formula is C23H25ClN4O2S. The largest absolute Gasteiger partial charge is 0.372 e. The molecule has 0 radical (unpaired) electrons. The van der Waals surface area contributed by atoms with Crippen LogP contribution in [-0.4, -0.2) is 41.2 Å². The van der Waals surface area contributed by atoms with Crippen molar-refractivity contribution in [1.29, 1.82) is 0 Å². The molecule has 0 aliphatic carbocycles. The van der Waals surface area contributed by atoms with Crippen molar-refractivity contribution in [1.82, 2.24) is 15.3 Å². The van der Waals surface area contributed by atoms with Crippen LogP contribution in [0.3, 0.4) is 0 Å². The molecule has 1 N–H and O–H groups in total. The van der Waals surface area contributed by atoms with Gasteiger partial charge in [0.05, 0.1) is 29.3 Å². The number of nitrogens with one attached hydrogen (secondary N) is 1. The second-order valence-corrected chi connectivity index (χ2v) is 9.03. The third kappa shape index (κ3) is 5.61. The van der Waals surface area contributed by atoms with Crippen LogP contribution < -0.4 is 10.2 Å². The van der Waals surface area contributed by atoms with Crippen molar-refractivity contribution in [3.8, 4) is 10.6 Å². The fourth-order valence-corrected chi connectivity index (χ4v) is 4.79. The lowest BCUT2D eigenvalue weighted by atomic mass is 10.2. The van der Waals surface area contributed by atoms with Gasteiger partial charge in [-0.15, -0.1) is 11.3 Å². The number of hydrogen-bond donors (Lipinski definition) is 1.